The Labute approximate surface area is 196 Å². The van der Waals surface area contributed by atoms with Crippen LogP contribution in [0.2, 0.25) is 0 Å². The number of hydrogen-bond acceptors (Lipinski definition) is 3. The number of carbonyl (C=O) groups is 1. The summed E-state index contributed by atoms with van der Waals surface area (Å²) in [4.78, 5) is 12.6. The minimum atomic E-state index is -4.02. The summed E-state index contributed by atoms with van der Waals surface area (Å²) in [5.41, 5.74) is 6.25. The third-order valence-electron chi connectivity index (χ3n) is 6.20. The number of benzene rings is 3. The molecule has 1 heterocycles. The number of fused-ring (bicyclic) bond motifs is 1. The van der Waals surface area contributed by atoms with Crippen molar-refractivity contribution in [2.24, 2.45) is 0 Å². The molecule has 5 nitrogen and oxygen atoms in total. The van der Waals surface area contributed by atoms with E-state index in [0.29, 0.717) is 0 Å². The lowest BCUT2D eigenvalue weighted by Crippen LogP contribution is -2.26. The fraction of sp³-hybridized carbons (Fsp3) is 0.259. The highest BCUT2D eigenvalue weighted by molar-refractivity contribution is 7.85. The zero-order chi connectivity index (χ0) is 24.4. The number of rotatable bonds is 4. The summed E-state index contributed by atoms with van der Waals surface area (Å²) in [7, 11) is -4.02. The number of hydrogen-bond donors (Lipinski definition) is 1. The van der Waals surface area contributed by atoms with Gasteiger partial charge < -0.3 is 0 Å². The Morgan fingerprint density at radius 2 is 1.52 bits per heavy atom. The van der Waals surface area contributed by atoms with Crippen LogP contribution in [-0.2, 0) is 15.5 Å². The zero-order valence-electron chi connectivity index (χ0n) is 19.7. The van der Waals surface area contributed by atoms with E-state index in [1.54, 1.807) is 12.1 Å². The van der Waals surface area contributed by atoms with Crippen molar-refractivity contribution < 1.29 is 22.3 Å². The van der Waals surface area contributed by atoms with Gasteiger partial charge in [0.2, 0.25) is 5.69 Å². The van der Waals surface area contributed by atoms with Crippen LogP contribution >= 0.6 is 0 Å². The first-order valence-electron chi connectivity index (χ1n) is 10.9. The molecule has 0 aliphatic carbocycles. The molecular weight excluding hydrogens is 434 g/mol. The molecule has 6 heteroatoms. The largest absolute Gasteiger partial charge is 0.294 e. The highest BCUT2D eigenvalue weighted by Gasteiger charge is 2.42. The van der Waals surface area contributed by atoms with Gasteiger partial charge in [-0.05, 0) is 52.0 Å². The Balaban J connectivity index is 0.000000235. The Kier molecular flexibility index (Phi) is 7.00. The van der Waals surface area contributed by atoms with Crippen LogP contribution < -0.4 is 0 Å². The Morgan fingerprint density at radius 1 is 0.909 bits per heavy atom. The van der Waals surface area contributed by atoms with E-state index in [0.717, 1.165) is 23.2 Å². The second-order valence-corrected chi connectivity index (χ2v) is 10.1. The Hall–Kier alpha value is -3.09. The van der Waals surface area contributed by atoms with Gasteiger partial charge in [-0.15, -0.1) is 0 Å². The van der Waals surface area contributed by atoms with Crippen molar-refractivity contribution in [1.29, 1.82) is 0 Å². The van der Waals surface area contributed by atoms with E-state index >= 15 is 0 Å². The summed E-state index contributed by atoms with van der Waals surface area (Å²) in [5.74, 6) is 0.0896. The molecule has 4 rings (SSSR count). The molecule has 3 aromatic carbocycles. The van der Waals surface area contributed by atoms with E-state index in [2.05, 4.69) is 44.4 Å². The number of nitrogens with zero attached hydrogens (tertiary/aromatic N) is 1. The standard InChI is InChI=1S/C20H22NO.C7H8O3S/c1-5-21-14(2)20(3,4)17-13-16(11-12-18(17)21)19(22)15-9-7-6-8-10-15;1-6-2-4-7(5-3-6)11(8,9)10/h6-13H,5H2,1-4H3;2-5H,1H3,(H,8,9,10)/q+1;. The summed E-state index contributed by atoms with van der Waals surface area (Å²) in [6.45, 7) is 11.6. The van der Waals surface area contributed by atoms with Gasteiger partial charge in [0.15, 0.2) is 11.5 Å². The Morgan fingerprint density at radius 3 is 2.06 bits per heavy atom. The fourth-order valence-corrected chi connectivity index (χ4v) is 4.48. The quantitative estimate of drug-likeness (QED) is 0.311. The normalized spacial score (nSPS) is 14.4. The fourth-order valence-electron chi connectivity index (χ4n) is 4.00. The van der Waals surface area contributed by atoms with Crippen molar-refractivity contribution in [2.45, 2.75) is 44.9 Å². The van der Waals surface area contributed by atoms with Crippen molar-refractivity contribution in [2.75, 3.05) is 6.54 Å². The van der Waals surface area contributed by atoms with Crippen molar-refractivity contribution in [3.05, 3.63) is 95.1 Å². The van der Waals surface area contributed by atoms with Gasteiger partial charge in [0.25, 0.3) is 10.1 Å². The van der Waals surface area contributed by atoms with E-state index in [-0.39, 0.29) is 16.1 Å². The molecule has 1 aliphatic heterocycles. The summed E-state index contributed by atoms with van der Waals surface area (Å²) >= 11 is 0. The highest BCUT2D eigenvalue weighted by Crippen LogP contribution is 2.40. The molecule has 3 aromatic rings. The van der Waals surface area contributed by atoms with E-state index in [9.17, 15) is 13.2 Å². The predicted octanol–water partition coefficient (Wildman–Crippen LogP) is 5.58. The van der Waals surface area contributed by atoms with Crippen molar-refractivity contribution >= 4 is 27.3 Å². The molecule has 172 valence electrons. The molecular formula is C27H30NO4S+. The van der Waals surface area contributed by atoms with Gasteiger partial charge in [0.05, 0.1) is 10.3 Å². The van der Waals surface area contributed by atoms with E-state index in [4.69, 9.17) is 4.55 Å². The molecule has 0 aromatic heterocycles. The van der Waals surface area contributed by atoms with Gasteiger partial charge >= 0.3 is 0 Å². The third kappa shape index (κ3) is 5.13. The number of carbonyl (C=O) groups excluding carboxylic acids is 1. The van der Waals surface area contributed by atoms with Gasteiger partial charge in [-0.2, -0.15) is 13.0 Å². The third-order valence-corrected chi connectivity index (χ3v) is 7.07. The van der Waals surface area contributed by atoms with E-state index in [1.165, 1.54) is 29.1 Å². The van der Waals surface area contributed by atoms with Gasteiger partial charge in [0.1, 0.15) is 6.54 Å². The molecule has 1 aliphatic rings. The van der Waals surface area contributed by atoms with Gasteiger partial charge in [-0.25, -0.2) is 0 Å². The molecule has 0 saturated carbocycles. The highest BCUT2D eigenvalue weighted by atomic mass is 32.2. The van der Waals surface area contributed by atoms with Crippen LogP contribution in [0.25, 0.3) is 0 Å². The maximum Gasteiger partial charge on any atom is 0.294 e. The molecule has 0 spiro atoms. The van der Waals surface area contributed by atoms with Crippen molar-refractivity contribution in [3.63, 3.8) is 0 Å². The lowest BCUT2D eigenvalue weighted by molar-refractivity contribution is -0.434. The van der Waals surface area contributed by atoms with Crippen molar-refractivity contribution in [1.82, 2.24) is 0 Å². The summed E-state index contributed by atoms with van der Waals surface area (Å²) in [6, 6.07) is 21.6. The van der Waals surface area contributed by atoms with Crippen LogP contribution in [0.5, 0.6) is 0 Å². The first-order chi connectivity index (χ1) is 15.5. The van der Waals surface area contributed by atoms with Crippen LogP contribution in [0.1, 0.15) is 54.7 Å². The van der Waals surface area contributed by atoms with Crippen molar-refractivity contribution in [3.8, 4) is 0 Å². The average molecular weight is 465 g/mol. The zero-order valence-corrected chi connectivity index (χ0v) is 20.5. The molecule has 0 atom stereocenters. The smallest absolute Gasteiger partial charge is 0.289 e. The molecule has 1 N–H and O–H groups in total. The lowest BCUT2D eigenvalue weighted by Gasteiger charge is -2.15. The summed E-state index contributed by atoms with van der Waals surface area (Å²) in [5, 5.41) is 0. The molecule has 0 fully saturated rings. The van der Waals surface area contributed by atoms with Gasteiger partial charge in [-0.1, -0.05) is 48.0 Å². The minimum Gasteiger partial charge on any atom is -0.289 e. The van der Waals surface area contributed by atoms with Gasteiger partial charge in [0, 0.05) is 29.7 Å². The van der Waals surface area contributed by atoms with Crippen LogP contribution in [-0.4, -0.2) is 35.6 Å². The Bertz CT molecular complexity index is 1310. The average Bonchev–Trinajstić information content (AvgIpc) is 2.98. The molecule has 0 bridgehead atoms. The first kappa shape index (κ1) is 24.6. The maximum absolute atomic E-state index is 12.7. The summed E-state index contributed by atoms with van der Waals surface area (Å²) in [6.07, 6.45) is 0. The maximum atomic E-state index is 12.7. The molecule has 0 saturated heterocycles. The molecule has 33 heavy (non-hydrogen) atoms. The SMILES string of the molecule is CC[N+]1=C(C)C(C)(C)c2cc(C(=O)c3ccccc3)ccc21.Cc1ccc(S(=O)(=O)O)cc1. The van der Waals surface area contributed by atoms with Gasteiger partial charge in [-0.3, -0.25) is 9.35 Å². The van der Waals surface area contributed by atoms with Crippen LogP contribution in [0.3, 0.4) is 0 Å². The van der Waals surface area contributed by atoms with Crippen LogP contribution in [0.15, 0.2) is 77.7 Å². The predicted molar refractivity (Wildman–Crippen MR) is 131 cm³/mol. The molecule has 0 unspecified atom stereocenters. The second-order valence-electron chi connectivity index (χ2n) is 8.67. The minimum absolute atomic E-state index is 0.0294. The van der Waals surface area contributed by atoms with E-state index in [1.807, 2.05) is 43.3 Å². The lowest BCUT2D eigenvalue weighted by atomic mass is 9.81. The second kappa shape index (κ2) is 9.41. The monoisotopic (exact) mass is 464 g/mol. The first-order valence-corrected chi connectivity index (χ1v) is 12.3. The topological polar surface area (TPSA) is 74.5 Å². The summed E-state index contributed by atoms with van der Waals surface area (Å²) < 4.78 is 31.9. The molecule has 0 amide bonds. The van der Waals surface area contributed by atoms with Crippen LogP contribution in [0.4, 0.5) is 5.69 Å². The van der Waals surface area contributed by atoms with Crippen LogP contribution in [0, 0.1) is 6.92 Å². The number of ketones is 1. The van der Waals surface area contributed by atoms with E-state index < -0.39 is 10.1 Å². The number of aryl methyl sites for hydroxylation is 1. The molecule has 0 radical (unpaired) electrons.